The van der Waals surface area contributed by atoms with Gasteiger partial charge in [0.2, 0.25) is 12.5 Å². The fourth-order valence-corrected chi connectivity index (χ4v) is 6.70. The summed E-state index contributed by atoms with van der Waals surface area (Å²) in [5.41, 5.74) is 4.72. The Labute approximate surface area is 269 Å². The van der Waals surface area contributed by atoms with Gasteiger partial charge in [0.15, 0.2) is 0 Å². The van der Waals surface area contributed by atoms with E-state index in [-0.39, 0.29) is 30.0 Å². The number of ketones is 1. The first-order chi connectivity index (χ1) is 20.8. The first kappa shape index (κ1) is 38.1. The zero-order valence-electron chi connectivity index (χ0n) is 28.8. The average molecular weight is 615 g/mol. The third kappa shape index (κ3) is 12.8. The lowest BCUT2D eigenvalue weighted by atomic mass is 9.73. The number of rotatable bonds is 22. The number of Topliss-reactive ketones (excluding diaryl/α,β-unsaturated/α-hetero) is 1. The van der Waals surface area contributed by atoms with Crippen LogP contribution in [0.25, 0.3) is 4.85 Å². The molecule has 0 aromatic heterocycles. The number of unbranched alkanes of at least 4 members (excludes halogenated alkanes) is 5. The smallest absolute Gasteiger partial charge is 0.402 e. The van der Waals surface area contributed by atoms with E-state index in [9.17, 15) is 9.59 Å². The number of nitrogens with two attached hydrogens (primary N) is 1. The van der Waals surface area contributed by atoms with Crippen LogP contribution >= 0.6 is 0 Å². The first-order valence-electron chi connectivity index (χ1n) is 17.5. The maximum absolute atomic E-state index is 14.0. The highest BCUT2D eigenvalue weighted by molar-refractivity contribution is 6.48. The standard InChI is InChI=1S/C35H63BN4O4/c1-26(2)24-32(36-43-34(4,5)35(6,7)44-36)40-33(42)29(20-17-23-39-27(3)37)25-31(41)30(28-18-14-15-19-28)21-13-11-9-10-12-16-22-38-8/h26,28-30,32,39H,3,9-25,37H2,1-2,4-7H3,(H,40,42)/t29-,30?,32+/m1/s1. The molecule has 3 atom stereocenters. The second kappa shape index (κ2) is 18.8. The lowest BCUT2D eigenvalue weighted by molar-refractivity contribution is -0.132. The summed E-state index contributed by atoms with van der Waals surface area (Å²) in [6, 6.07) is 0. The van der Waals surface area contributed by atoms with Crippen LogP contribution < -0.4 is 16.4 Å². The van der Waals surface area contributed by atoms with Gasteiger partial charge in [0.25, 0.3) is 0 Å². The van der Waals surface area contributed by atoms with Crippen LogP contribution in [0, 0.1) is 30.2 Å². The average Bonchev–Trinajstić information content (AvgIpc) is 3.54. The maximum Gasteiger partial charge on any atom is 0.481 e. The molecule has 1 saturated heterocycles. The van der Waals surface area contributed by atoms with Gasteiger partial charge in [-0.15, -0.1) is 0 Å². The predicted octanol–water partition coefficient (Wildman–Crippen LogP) is 6.98. The molecule has 9 heteroatoms. The Kier molecular flexibility index (Phi) is 16.3. The first-order valence-corrected chi connectivity index (χ1v) is 17.5. The van der Waals surface area contributed by atoms with Crippen molar-refractivity contribution in [3.05, 3.63) is 23.8 Å². The van der Waals surface area contributed by atoms with Crippen molar-refractivity contribution >= 4 is 18.8 Å². The molecule has 0 bridgehead atoms. The van der Waals surface area contributed by atoms with E-state index >= 15 is 0 Å². The van der Waals surface area contributed by atoms with Crippen molar-refractivity contribution in [3.8, 4) is 0 Å². The lowest BCUT2D eigenvalue weighted by Crippen LogP contribution is -2.50. The molecule has 44 heavy (non-hydrogen) atoms. The summed E-state index contributed by atoms with van der Waals surface area (Å²) in [7, 11) is -0.544. The molecule has 250 valence electrons. The van der Waals surface area contributed by atoms with Crippen LogP contribution in [0.1, 0.15) is 138 Å². The summed E-state index contributed by atoms with van der Waals surface area (Å²) in [5, 5.41) is 6.35. The number of nitrogens with one attached hydrogen (secondary N) is 2. The summed E-state index contributed by atoms with van der Waals surface area (Å²) < 4.78 is 12.7. The number of hydrogen-bond acceptors (Lipinski definition) is 6. The molecule has 0 spiro atoms. The summed E-state index contributed by atoms with van der Waals surface area (Å²) in [6.07, 6.45) is 14.4. The molecule has 1 saturated carbocycles. The monoisotopic (exact) mass is 614 g/mol. The molecule has 0 aromatic rings. The van der Waals surface area contributed by atoms with Gasteiger partial charge in [0, 0.05) is 31.2 Å². The van der Waals surface area contributed by atoms with E-state index < -0.39 is 24.2 Å². The van der Waals surface area contributed by atoms with Gasteiger partial charge < -0.3 is 30.5 Å². The molecule has 1 heterocycles. The largest absolute Gasteiger partial charge is 0.481 e. The minimum atomic E-state index is -0.544. The van der Waals surface area contributed by atoms with Gasteiger partial charge in [-0.1, -0.05) is 59.0 Å². The van der Waals surface area contributed by atoms with E-state index in [1.807, 2.05) is 27.7 Å². The van der Waals surface area contributed by atoms with E-state index in [0.717, 1.165) is 64.2 Å². The molecule has 1 aliphatic heterocycles. The van der Waals surface area contributed by atoms with Gasteiger partial charge in [0.05, 0.1) is 23.0 Å². The quantitative estimate of drug-likeness (QED) is 0.0690. The molecule has 0 radical (unpaired) electrons. The molecule has 1 aliphatic carbocycles. The van der Waals surface area contributed by atoms with Gasteiger partial charge in [-0.3, -0.25) is 9.59 Å². The summed E-state index contributed by atoms with van der Waals surface area (Å²) in [5.74, 6) is 0.654. The maximum atomic E-state index is 14.0. The zero-order valence-corrected chi connectivity index (χ0v) is 28.8. The highest BCUT2D eigenvalue weighted by atomic mass is 16.7. The molecule has 2 aliphatic rings. The molecular weight excluding hydrogens is 551 g/mol. The Morgan fingerprint density at radius 1 is 0.977 bits per heavy atom. The Morgan fingerprint density at radius 3 is 2.14 bits per heavy atom. The molecule has 0 aromatic carbocycles. The van der Waals surface area contributed by atoms with Crippen molar-refractivity contribution < 1.29 is 18.9 Å². The van der Waals surface area contributed by atoms with Gasteiger partial charge in [0.1, 0.15) is 5.78 Å². The topological polar surface area (TPSA) is 107 Å². The van der Waals surface area contributed by atoms with E-state index in [1.54, 1.807) is 0 Å². The third-order valence-corrected chi connectivity index (χ3v) is 9.97. The summed E-state index contributed by atoms with van der Waals surface area (Å²) >= 11 is 0. The van der Waals surface area contributed by atoms with Gasteiger partial charge in [-0.25, -0.2) is 6.57 Å². The second-order valence-electron chi connectivity index (χ2n) is 14.8. The van der Waals surface area contributed by atoms with Crippen molar-refractivity contribution in [2.75, 3.05) is 13.1 Å². The highest BCUT2D eigenvalue weighted by Gasteiger charge is 2.54. The molecule has 4 N–H and O–H groups in total. The number of carbonyl (C=O) groups is 2. The van der Waals surface area contributed by atoms with Crippen molar-refractivity contribution in [1.82, 2.24) is 10.6 Å². The normalized spacial score (nSPS) is 19.8. The number of amides is 1. The Bertz CT molecular complexity index is 926. The van der Waals surface area contributed by atoms with Crippen molar-refractivity contribution in [1.29, 1.82) is 0 Å². The van der Waals surface area contributed by atoms with Crippen LogP contribution in [-0.2, 0) is 18.9 Å². The van der Waals surface area contributed by atoms with E-state index in [2.05, 4.69) is 35.9 Å². The number of hydrogen-bond donors (Lipinski definition) is 3. The van der Waals surface area contributed by atoms with Crippen molar-refractivity contribution in [2.45, 2.75) is 155 Å². The molecular formula is C35H63BN4O4. The van der Waals surface area contributed by atoms with E-state index in [0.29, 0.717) is 43.6 Å². The molecule has 8 nitrogen and oxygen atoms in total. The Balaban J connectivity index is 2.11. The zero-order chi connectivity index (χ0) is 32.8. The Hall–Kier alpha value is -2.05. The summed E-state index contributed by atoms with van der Waals surface area (Å²) in [4.78, 5) is 31.4. The predicted molar refractivity (Wildman–Crippen MR) is 180 cm³/mol. The molecule has 1 unspecified atom stereocenters. The fraction of sp³-hybridized carbons (Fsp3) is 0.857. The number of carbonyl (C=O) groups excluding carboxylic acids is 2. The van der Waals surface area contributed by atoms with Gasteiger partial charge in [-0.2, -0.15) is 0 Å². The van der Waals surface area contributed by atoms with Crippen LogP contribution in [0.5, 0.6) is 0 Å². The molecule has 1 amide bonds. The fourth-order valence-electron chi connectivity index (χ4n) is 6.70. The van der Waals surface area contributed by atoms with Gasteiger partial charge in [-0.05, 0) is 84.5 Å². The molecule has 2 rings (SSSR count). The van der Waals surface area contributed by atoms with Crippen LogP contribution in [0.2, 0.25) is 0 Å². The van der Waals surface area contributed by atoms with Crippen LogP contribution in [0.15, 0.2) is 12.4 Å². The van der Waals surface area contributed by atoms with E-state index in [1.165, 1.54) is 12.8 Å². The molecule has 2 fully saturated rings. The number of nitrogens with zero attached hydrogens (tertiary/aromatic N) is 1. The SMILES string of the molecule is [C-]#[N+]CCCCCCCCC(C(=O)C[C@@H](CCCNC(=C)N)C(=O)N[C@@H](CC(C)C)B1OC(C)(C)C(C)(C)O1)C1CCCC1. The van der Waals surface area contributed by atoms with Crippen molar-refractivity contribution in [2.24, 2.45) is 29.4 Å². The Morgan fingerprint density at radius 2 is 1.57 bits per heavy atom. The lowest BCUT2D eigenvalue weighted by Gasteiger charge is -2.32. The minimum absolute atomic E-state index is 0.0337. The van der Waals surface area contributed by atoms with E-state index in [4.69, 9.17) is 21.6 Å². The van der Waals surface area contributed by atoms with Crippen molar-refractivity contribution in [3.63, 3.8) is 0 Å². The van der Waals surface area contributed by atoms with Crippen LogP contribution in [-0.4, -0.2) is 49.0 Å². The highest BCUT2D eigenvalue weighted by Crippen LogP contribution is 2.39. The third-order valence-electron chi connectivity index (χ3n) is 9.97. The minimum Gasteiger partial charge on any atom is -0.402 e. The van der Waals surface area contributed by atoms with Crippen LogP contribution in [0.3, 0.4) is 0 Å². The van der Waals surface area contributed by atoms with Crippen LogP contribution in [0.4, 0.5) is 0 Å². The summed E-state index contributed by atoms with van der Waals surface area (Å²) in [6.45, 7) is 24.3. The van der Waals surface area contributed by atoms with Gasteiger partial charge >= 0.3 is 7.12 Å². The second-order valence-corrected chi connectivity index (χ2v) is 14.8.